The Morgan fingerprint density at radius 1 is 1.55 bits per heavy atom. The van der Waals surface area contributed by atoms with Crippen molar-refractivity contribution in [2.24, 2.45) is 0 Å². The lowest BCUT2D eigenvalue weighted by Gasteiger charge is -2.25. The van der Waals surface area contributed by atoms with E-state index in [2.05, 4.69) is 4.98 Å². The topological polar surface area (TPSA) is 66.6 Å². The first-order chi connectivity index (χ1) is 9.54. The maximum absolute atomic E-state index is 12.5. The minimum atomic E-state index is -0.152. The first kappa shape index (κ1) is 14.7. The summed E-state index contributed by atoms with van der Waals surface area (Å²) in [5.41, 5.74) is 0.434. The van der Waals surface area contributed by atoms with Crippen LogP contribution in [0.15, 0.2) is 22.8 Å². The van der Waals surface area contributed by atoms with Gasteiger partial charge in [-0.1, -0.05) is 0 Å². The zero-order chi connectivity index (χ0) is 14.7. The van der Waals surface area contributed by atoms with E-state index >= 15 is 0 Å². The lowest BCUT2D eigenvalue weighted by Crippen LogP contribution is -2.39. The first-order valence-corrected chi connectivity index (χ1v) is 7.29. The predicted octanol–water partition coefficient (Wildman–Crippen LogP) is 2.55. The molecule has 0 spiro atoms. The number of carbonyl (C=O) groups excluding carboxylic acids is 1. The maximum Gasteiger partial charge on any atom is 0.273 e. The molecule has 2 aromatic rings. The Bertz CT molecular complexity index is 575. The van der Waals surface area contributed by atoms with E-state index in [0.717, 1.165) is 4.88 Å². The van der Waals surface area contributed by atoms with Gasteiger partial charge in [0, 0.05) is 17.5 Å². The summed E-state index contributed by atoms with van der Waals surface area (Å²) in [5, 5.41) is 9.78. The predicted molar refractivity (Wildman–Crippen MR) is 77.8 cm³/mol. The van der Waals surface area contributed by atoms with Crippen molar-refractivity contribution >= 4 is 17.2 Å². The number of amides is 1. The van der Waals surface area contributed by atoms with Crippen LogP contribution in [-0.2, 0) is 0 Å². The summed E-state index contributed by atoms with van der Waals surface area (Å²) < 4.78 is 5.31. The summed E-state index contributed by atoms with van der Waals surface area (Å²) >= 11 is 1.43. The molecule has 0 fully saturated rings. The number of aliphatic hydroxyl groups is 1. The number of carbonyl (C=O) groups is 1. The van der Waals surface area contributed by atoms with Crippen molar-refractivity contribution in [3.05, 3.63) is 29.0 Å². The van der Waals surface area contributed by atoms with Crippen molar-refractivity contribution in [2.75, 3.05) is 13.2 Å². The van der Waals surface area contributed by atoms with Gasteiger partial charge in [-0.3, -0.25) is 4.79 Å². The van der Waals surface area contributed by atoms with E-state index < -0.39 is 0 Å². The van der Waals surface area contributed by atoms with Crippen LogP contribution in [0.3, 0.4) is 0 Å². The van der Waals surface area contributed by atoms with Crippen LogP contribution >= 0.6 is 11.3 Å². The Hall–Kier alpha value is -1.66. The average molecular weight is 294 g/mol. The molecule has 0 aliphatic heterocycles. The highest BCUT2D eigenvalue weighted by molar-refractivity contribution is 7.15. The van der Waals surface area contributed by atoms with Crippen molar-refractivity contribution in [3.8, 4) is 10.8 Å². The zero-order valence-electron chi connectivity index (χ0n) is 11.8. The SMILES string of the molecule is Cc1sc(-c2ccco2)nc1C(=O)N(CCO)C(C)C. The Morgan fingerprint density at radius 3 is 2.85 bits per heavy atom. The minimum Gasteiger partial charge on any atom is -0.462 e. The lowest BCUT2D eigenvalue weighted by molar-refractivity contribution is 0.0659. The molecule has 0 aromatic carbocycles. The Balaban J connectivity index is 2.30. The van der Waals surface area contributed by atoms with Crippen LogP contribution in [0.4, 0.5) is 0 Å². The molecule has 0 radical (unpaired) electrons. The van der Waals surface area contributed by atoms with Crippen LogP contribution in [0.2, 0.25) is 0 Å². The zero-order valence-corrected chi connectivity index (χ0v) is 12.6. The van der Waals surface area contributed by atoms with Crippen molar-refractivity contribution < 1.29 is 14.3 Å². The first-order valence-electron chi connectivity index (χ1n) is 6.47. The molecule has 1 amide bonds. The smallest absolute Gasteiger partial charge is 0.273 e. The molecule has 2 aromatic heterocycles. The fourth-order valence-electron chi connectivity index (χ4n) is 1.94. The second-order valence-corrected chi connectivity index (χ2v) is 5.92. The Morgan fingerprint density at radius 2 is 2.30 bits per heavy atom. The van der Waals surface area contributed by atoms with Crippen molar-refractivity contribution in [1.82, 2.24) is 9.88 Å². The van der Waals surface area contributed by atoms with Crippen molar-refractivity contribution in [2.45, 2.75) is 26.8 Å². The summed E-state index contributed by atoms with van der Waals surface area (Å²) in [7, 11) is 0. The van der Waals surface area contributed by atoms with E-state index in [9.17, 15) is 4.79 Å². The number of aliphatic hydroxyl groups excluding tert-OH is 1. The van der Waals surface area contributed by atoms with Gasteiger partial charge in [-0.2, -0.15) is 0 Å². The summed E-state index contributed by atoms with van der Waals surface area (Å²) in [6.07, 6.45) is 1.58. The third-order valence-corrected chi connectivity index (χ3v) is 3.94. The number of furan rings is 1. The molecule has 20 heavy (non-hydrogen) atoms. The molecule has 0 saturated heterocycles. The third-order valence-electron chi connectivity index (χ3n) is 2.96. The molecular formula is C14H18N2O3S. The molecule has 0 unspecified atom stereocenters. The van der Waals surface area contributed by atoms with Crippen LogP contribution < -0.4 is 0 Å². The van der Waals surface area contributed by atoms with Gasteiger partial charge in [0.1, 0.15) is 5.69 Å². The minimum absolute atomic E-state index is 0.0165. The Labute approximate surface area is 121 Å². The van der Waals surface area contributed by atoms with Crippen molar-refractivity contribution in [1.29, 1.82) is 0 Å². The van der Waals surface area contributed by atoms with Gasteiger partial charge < -0.3 is 14.4 Å². The number of aromatic nitrogens is 1. The summed E-state index contributed by atoms with van der Waals surface area (Å²) in [4.78, 5) is 19.4. The highest BCUT2D eigenvalue weighted by atomic mass is 32.1. The molecule has 0 aliphatic rings. The number of nitrogens with zero attached hydrogens (tertiary/aromatic N) is 2. The molecule has 0 bridgehead atoms. The highest BCUT2D eigenvalue weighted by Gasteiger charge is 2.24. The molecular weight excluding hydrogens is 276 g/mol. The van der Waals surface area contributed by atoms with E-state index in [1.165, 1.54) is 11.3 Å². The van der Waals surface area contributed by atoms with Crippen LogP contribution in [0, 0.1) is 6.92 Å². The molecule has 0 aliphatic carbocycles. The summed E-state index contributed by atoms with van der Waals surface area (Å²) in [5.74, 6) is 0.510. The molecule has 0 saturated carbocycles. The van der Waals surface area contributed by atoms with Gasteiger partial charge >= 0.3 is 0 Å². The molecule has 108 valence electrons. The fourth-order valence-corrected chi connectivity index (χ4v) is 2.81. The van der Waals surface area contributed by atoms with Crippen molar-refractivity contribution in [3.63, 3.8) is 0 Å². The van der Waals surface area contributed by atoms with Crippen LogP contribution in [0.5, 0.6) is 0 Å². The Kier molecular flexibility index (Phi) is 4.57. The van der Waals surface area contributed by atoms with Gasteiger partial charge in [0.2, 0.25) is 0 Å². The van der Waals surface area contributed by atoms with Gasteiger partial charge in [0.05, 0.1) is 12.9 Å². The molecule has 0 atom stereocenters. The van der Waals surface area contributed by atoms with Crippen LogP contribution in [0.25, 0.3) is 10.8 Å². The second kappa shape index (κ2) is 6.19. The molecule has 1 N–H and O–H groups in total. The van der Waals surface area contributed by atoms with E-state index in [4.69, 9.17) is 9.52 Å². The van der Waals surface area contributed by atoms with Gasteiger partial charge in [-0.25, -0.2) is 4.98 Å². The fraction of sp³-hybridized carbons (Fsp3) is 0.429. The number of aryl methyl sites for hydroxylation is 1. The van der Waals surface area contributed by atoms with E-state index in [0.29, 0.717) is 23.0 Å². The quantitative estimate of drug-likeness (QED) is 0.920. The van der Waals surface area contributed by atoms with Crippen LogP contribution in [0.1, 0.15) is 29.2 Å². The summed E-state index contributed by atoms with van der Waals surface area (Å²) in [6, 6.07) is 3.63. The van der Waals surface area contributed by atoms with Crippen LogP contribution in [-0.4, -0.2) is 40.1 Å². The second-order valence-electron chi connectivity index (χ2n) is 4.72. The average Bonchev–Trinajstić information content (AvgIpc) is 3.03. The largest absolute Gasteiger partial charge is 0.462 e. The number of thiazole rings is 1. The third kappa shape index (κ3) is 2.91. The maximum atomic E-state index is 12.5. The number of hydrogen-bond donors (Lipinski definition) is 1. The van der Waals surface area contributed by atoms with Gasteiger partial charge in [0.15, 0.2) is 10.8 Å². The molecule has 6 heteroatoms. The monoisotopic (exact) mass is 294 g/mol. The van der Waals surface area contributed by atoms with Gasteiger partial charge in [-0.15, -0.1) is 11.3 Å². The number of hydrogen-bond acceptors (Lipinski definition) is 5. The van der Waals surface area contributed by atoms with E-state index in [1.54, 1.807) is 17.2 Å². The normalized spacial score (nSPS) is 11.1. The summed E-state index contributed by atoms with van der Waals surface area (Å²) in [6.45, 7) is 5.96. The molecule has 5 nitrogen and oxygen atoms in total. The molecule has 2 rings (SSSR count). The highest BCUT2D eigenvalue weighted by Crippen LogP contribution is 2.28. The number of rotatable bonds is 5. The lowest BCUT2D eigenvalue weighted by atomic mass is 10.2. The van der Waals surface area contributed by atoms with E-state index in [1.807, 2.05) is 26.8 Å². The van der Waals surface area contributed by atoms with Gasteiger partial charge in [0.25, 0.3) is 5.91 Å². The molecule has 2 heterocycles. The van der Waals surface area contributed by atoms with E-state index in [-0.39, 0.29) is 18.6 Å². The van der Waals surface area contributed by atoms with Gasteiger partial charge in [-0.05, 0) is 32.9 Å². The standard InChI is InChI=1S/C14H18N2O3S/c1-9(2)16(6-7-17)14(18)12-10(3)20-13(15-12)11-5-4-8-19-11/h4-5,8-9,17H,6-7H2,1-3H3.